The lowest BCUT2D eigenvalue weighted by atomic mass is 9.58. The van der Waals surface area contributed by atoms with Crippen molar-refractivity contribution in [1.82, 2.24) is 9.88 Å². The molecule has 4 aliphatic rings. The fourth-order valence-corrected chi connectivity index (χ4v) is 7.23. The Labute approximate surface area is 202 Å². The summed E-state index contributed by atoms with van der Waals surface area (Å²) in [6.07, 6.45) is 6.45. The number of furan rings is 1. The Kier molecular flexibility index (Phi) is 5.23. The van der Waals surface area contributed by atoms with E-state index in [1.807, 2.05) is 24.4 Å². The van der Waals surface area contributed by atoms with Crippen LogP contribution in [0.2, 0.25) is 0 Å². The van der Waals surface area contributed by atoms with E-state index in [9.17, 15) is 9.18 Å². The predicted molar refractivity (Wildman–Crippen MR) is 128 cm³/mol. The van der Waals surface area contributed by atoms with Crippen LogP contribution in [-0.2, 0) is 4.79 Å². The number of H-pyrrole nitrogens is 1. The zero-order valence-corrected chi connectivity index (χ0v) is 19.7. The zero-order valence-electron chi connectivity index (χ0n) is 19.7. The molecule has 3 aromatic rings. The maximum absolute atomic E-state index is 13.8. The summed E-state index contributed by atoms with van der Waals surface area (Å²) in [6.45, 7) is 2.07. The van der Waals surface area contributed by atoms with Crippen LogP contribution in [0.4, 0.5) is 4.39 Å². The summed E-state index contributed by atoms with van der Waals surface area (Å²) < 4.78 is 18.9. The third-order valence-corrected chi connectivity index (χ3v) is 8.45. The summed E-state index contributed by atoms with van der Waals surface area (Å²) in [5.74, 6) is 7.40. The third kappa shape index (κ3) is 3.56. The van der Waals surface area contributed by atoms with Crippen LogP contribution in [0.3, 0.4) is 0 Å². The molecule has 5 N–H and O–H groups in total. The smallest absolute Gasteiger partial charge is 0.324 e. The minimum Gasteiger partial charge on any atom is -0.431 e. The molecule has 2 aliphatic heterocycles. The molecule has 182 valence electrons. The molecule has 0 spiro atoms. The molecule has 7 rings (SSSR count). The monoisotopic (exact) mass is 477 g/mol. The highest BCUT2D eigenvalue weighted by molar-refractivity contribution is 5.97. The van der Waals surface area contributed by atoms with Gasteiger partial charge in [0.25, 0.3) is 6.01 Å². The van der Waals surface area contributed by atoms with Gasteiger partial charge in [-0.05, 0) is 61.1 Å². The van der Waals surface area contributed by atoms with Gasteiger partial charge in [0.05, 0.1) is 11.0 Å². The van der Waals surface area contributed by atoms with E-state index in [1.165, 1.54) is 6.07 Å². The Hall–Kier alpha value is -3.49. The molecule has 2 aliphatic carbocycles. The Bertz CT molecular complexity index is 1330. The first-order chi connectivity index (χ1) is 16.9. The van der Waals surface area contributed by atoms with Crippen molar-refractivity contribution >= 4 is 22.6 Å². The lowest BCUT2D eigenvalue weighted by molar-refractivity contribution is -0.162. The van der Waals surface area contributed by atoms with E-state index in [0.29, 0.717) is 29.9 Å². The number of carbonyl (C=O) groups excluding carboxylic acids is 1. The van der Waals surface area contributed by atoms with Crippen molar-refractivity contribution in [3.05, 3.63) is 48.1 Å². The number of benzene rings is 1. The van der Waals surface area contributed by atoms with Crippen molar-refractivity contribution in [1.29, 1.82) is 0 Å². The standard InChI is InChI=1S/C26H29FN6O2/c1-13(18-12-30-19-4-2-3-17(25(18)19)21-5-6-22(27)35-21)7-23(34)33-16-9-14-8-15(11-16)24(20(33)10-14)26(28)31-32-29/h2-6,12-16,20,24,30H,7-11H2,1H3,(H3,28,29,31)/p+1. The number of hydrogen-bond donors (Lipinski definition) is 3. The third-order valence-electron chi connectivity index (χ3n) is 8.45. The van der Waals surface area contributed by atoms with Gasteiger partial charge in [-0.25, -0.2) is 0 Å². The van der Waals surface area contributed by atoms with Crippen molar-refractivity contribution in [3.8, 4) is 11.3 Å². The molecule has 9 heteroatoms. The maximum Gasteiger partial charge on any atom is 0.324 e. The van der Waals surface area contributed by atoms with Crippen LogP contribution in [0.1, 0.15) is 50.5 Å². The van der Waals surface area contributed by atoms with E-state index in [1.54, 1.807) is 6.07 Å². The van der Waals surface area contributed by atoms with Crippen LogP contribution >= 0.6 is 0 Å². The highest BCUT2D eigenvalue weighted by Gasteiger charge is 2.57. The molecule has 6 unspecified atom stereocenters. The maximum atomic E-state index is 13.8. The number of nitrogens with one attached hydrogen (secondary N) is 1. The Morgan fingerprint density at radius 2 is 2.14 bits per heavy atom. The fraction of sp³-hybridized carbons (Fsp3) is 0.462. The fourth-order valence-electron chi connectivity index (χ4n) is 7.23. The van der Waals surface area contributed by atoms with E-state index in [0.717, 1.165) is 47.7 Å². The highest BCUT2D eigenvalue weighted by atomic mass is 19.1. The average molecular weight is 478 g/mol. The molecule has 2 saturated carbocycles. The van der Waals surface area contributed by atoms with Gasteiger partial charge in [0.1, 0.15) is 5.76 Å². The van der Waals surface area contributed by atoms with E-state index in [2.05, 4.69) is 27.1 Å². The molecule has 35 heavy (non-hydrogen) atoms. The van der Waals surface area contributed by atoms with Crippen molar-refractivity contribution in [2.24, 2.45) is 33.9 Å². The number of nitrogens with zero attached hydrogens (tertiary/aromatic N) is 3. The lowest BCUT2D eigenvalue weighted by Gasteiger charge is -2.58. The molecule has 4 heterocycles. The zero-order chi connectivity index (χ0) is 24.3. The van der Waals surface area contributed by atoms with Gasteiger partial charge in [0.15, 0.2) is 0 Å². The van der Waals surface area contributed by atoms with Crippen LogP contribution < -0.4 is 11.3 Å². The summed E-state index contributed by atoms with van der Waals surface area (Å²) in [5, 5.41) is 14.6. The summed E-state index contributed by atoms with van der Waals surface area (Å²) in [4.78, 5) is 19.2. The molecular formula is C26H30FN6O2+. The molecular weight excluding hydrogens is 447 g/mol. The summed E-state index contributed by atoms with van der Waals surface area (Å²) in [6, 6.07) is 8.46. The van der Waals surface area contributed by atoms with Gasteiger partial charge in [0.2, 0.25) is 5.91 Å². The van der Waals surface area contributed by atoms with E-state index in [4.69, 9.17) is 15.7 Å². The number of fused-ring (bicyclic) bond motifs is 1. The van der Waals surface area contributed by atoms with Crippen LogP contribution in [0.25, 0.3) is 22.2 Å². The second-order valence-corrected chi connectivity index (χ2v) is 10.4. The van der Waals surface area contributed by atoms with Crippen molar-refractivity contribution in [3.63, 3.8) is 0 Å². The number of carbonyl (C=O) groups is 1. The number of hydrogen-bond acceptors (Lipinski definition) is 3. The summed E-state index contributed by atoms with van der Waals surface area (Å²) in [5.41, 5.74) is 2.76. The average Bonchev–Trinajstić information content (AvgIpc) is 3.45. The van der Waals surface area contributed by atoms with Gasteiger partial charge in [-0.15, -0.1) is 0 Å². The second kappa shape index (κ2) is 8.32. The Balaban J connectivity index is 1.28. The van der Waals surface area contributed by atoms with E-state index < -0.39 is 6.01 Å². The predicted octanol–water partition coefficient (Wildman–Crippen LogP) is 3.56. The molecule has 2 saturated heterocycles. The normalized spacial score (nSPS) is 28.3. The Morgan fingerprint density at radius 3 is 2.91 bits per heavy atom. The minimum absolute atomic E-state index is 0.0166. The van der Waals surface area contributed by atoms with Gasteiger partial charge in [-0.3, -0.25) is 16.0 Å². The van der Waals surface area contributed by atoms with E-state index >= 15 is 0 Å². The molecule has 8 nitrogen and oxygen atoms in total. The van der Waals surface area contributed by atoms with Crippen molar-refractivity contribution in [2.45, 2.75) is 57.0 Å². The highest BCUT2D eigenvalue weighted by Crippen LogP contribution is 2.52. The number of piperidine rings is 2. The number of aromatic amines is 1. The van der Waals surface area contributed by atoms with Crippen LogP contribution in [0, 0.1) is 23.8 Å². The molecule has 2 aromatic heterocycles. The second-order valence-electron chi connectivity index (χ2n) is 10.4. The molecule has 1 aromatic carbocycles. The Morgan fingerprint density at radius 1 is 1.29 bits per heavy atom. The van der Waals surface area contributed by atoms with Gasteiger partial charge in [-0.1, -0.05) is 19.1 Å². The molecule has 6 atom stereocenters. The summed E-state index contributed by atoms with van der Waals surface area (Å²) >= 11 is 0. The quantitative estimate of drug-likeness (QED) is 0.171. The molecule has 1 amide bonds. The molecule has 4 bridgehead atoms. The number of aromatic nitrogens is 1. The van der Waals surface area contributed by atoms with Crippen molar-refractivity contribution < 1.29 is 19.0 Å². The number of amides is 1. The SMILES string of the molecule is CC(CC(=O)N1C2CC3CC(C2)C(C(=[NH2+])N=NN)C1C3)c1c[nH]c2cccc(-c3ccc(F)o3)c12. The number of nitrogens with two attached hydrogens (primary N) is 2. The first-order valence-electron chi connectivity index (χ1n) is 12.3. The molecule has 4 fully saturated rings. The number of halogens is 1. The van der Waals surface area contributed by atoms with Gasteiger partial charge in [-0.2, -0.15) is 4.39 Å². The largest absolute Gasteiger partial charge is 0.431 e. The van der Waals surface area contributed by atoms with Crippen LogP contribution in [0.5, 0.6) is 0 Å². The van der Waals surface area contributed by atoms with Crippen LogP contribution in [-0.4, -0.2) is 33.7 Å². The first kappa shape index (κ1) is 22.0. The number of amidine groups is 1. The lowest BCUT2D eigenvalue weighted by Crippen LogP contribution is -2.67. The minimum atomic E-state index is -0.619. The first-order valence-corrected chi connectivity index (χ1v) is 12.3. The topological polar surface area (TPSA) is 126 Å². The van der Waals surface area contributed by atoms with E-state index in [-0.39, 0.29) is 29.8 Å². The van der Waals surface area contributed by atoms with Crippen LogP contribution in [0.15, 0.2) is 51.3 Å². The van der Waals surface area contributed by atoms with Crippen molar-refractivity contribution in [2.75, 3.05) is 0 Å². The molecule has 0 radical (unpaired) electrons. The van der Waals surface area contributed by atoms with Gasteiger partial charge < -0.3 is 14.3 Å². The number of rotatable bonds is 5. The van der Waals surface area contributed by atoms with Gasteiger partial charge in [0, 0.05) is 52.5 Å². The summed E-state index contributed by atoms with van der Waals surface area (Å²) in [7, 11) is 0. The van der Waals surface area contributed by atoms with Gasteiger partial charge >= 0.3 is 5.84 Å².